The van der Waals surface area contributed by atoms with Crippen LogP contribution in [-0.4, -0.2) is 35.1 Å². The molecule has 172 valence electrons. The molecule has 0 bridgehead atoms. The highest BCUT2D eigenvalue weighted by Crippen LogP contribution is 2.22. The van der Waals surface area contributed by atoms with Crippen LogP contribution in [0.4, 0.5) is 10.2 Å². The summed E-state index contributed by atoms with van der Waals surface area (Å²) in [5.74, 6) is 0.445. The monoisotopic (exact) mass is 448 g/mol. The second-order valence-electron chi connectivity index (χ2n) is 8.09. The molecule has 8 heteroatoms. The Morgan fingerprint density at radius 1 is 1.18 bits per heavy atom. The molecule has 1 aliphatic rings. The molecule has 1 saturated heterocycles. The molecular weight excluding hydrogens is 419 g/mol. The first-order valence-electron chi connectivity index (χ1n) is 11.3. The first-order chi connectivity index (χ1) is 16.1. The summed E-state index contributed by atoms with van der Waals surface area (Å²) < 4.78 is 13.4. The molecule has 1 amide bonds. The van der Waals surface area contributed by atoms with E-state index in [-0.39, 0.29) is 17.9 Å². The van der Waals surface area contributed by atoms with Crippen molar-refractivity contribution in [1.82, 2.24) is 20.6 Å². The van der Waals surface area contributed by atoms with Crippen LogP contribution in [0.2, 0.25) is 0 Å². The molecule has 4 N–H and O–H groups in total. The number of nitrogens with two attached hydrogens (primary N) is 1. The van der Waals surface area contributed by atoms with Gasteiger partial charge >= 0.3 is 0 Å². The van der Waals surface area contributed by atoms with Gasteiger partial charge in [-0.25, -0.2) is 9.37 Å². The Labute approximate surface area is 193 Å². The standard InChI is InChI=1S/C25H29FN6O/c26-21-6-1-4-18(14-21)10-12-29-23-7-3-13-32(23)24-9-8-20(17-30-24)25(33)31-16-19-5-2-11-28-22(19)15-27/h1-2,4-6,8-9,11,14,17,23,29H,3,7,10,12-13,15-16,27H2,(H,31,33). The molecule has 2 aromatic heterocycles. The third-order valence-electron chi connectivity index (χ3n) is 5.86. The van der Waals surface area contributed by atoms with Crippen LogP contribution >= 0.6 is 0 Å². The van der Waals surface area contributed by atoms with Crippen molar-refractivity contribution < 1.29 is 9.18 Å². The molecule has 1 aromatic carbocycles. The summed E-state index contributed by atoms with van der Waals surface area (Å²) in [7, 11) is 0. The summed E-state index contributed by atoms with van der Waals surface area (Å²) in [6.07, 6.45) is 6.32. The Balaban J connectivity index is 1.31. The lowest BCUT2D eigenvalue weighted by molar-refractivity contribution is 0.0950. The van der Waals surface area contributed by atoms with Gasteiger partial charge in [0.1, 0.15) is 11.6 Å². The first-order valence-corrected chi connectivity index (χ1v) is 11.3. The van der Waals surface area contributed by atoms with E-state index in [9.17, 15) is 9.18 Å². The number of hydrogen-bond donors (Lipinski definition) is 3. The van der Waals surface area contributed by atoms with Crippen molar-refractivity contribution in [2.75, 3.05) is 18.0 Å². The van der Waals surface area contributed by atoms with Crippen LogP contribution < -0.4 is 21.3 Å². The van der Waals surface area contributed by atoms with Gasteiger partial charge in [0.15, 0.2) is 0 Å². The van der Waals surface area contributed by atoms with Gasteiger partial charge in [-0.1, -0.05) is 18.2 Å². The molecule has 3 aromatic rings. The number of carbonyl (C=O) groups excluding carboxylic acids is 1. The number of benzene rings is 1. The summed E-state index contributed by atoms with van der Waals surface area (Å²) in [5.41, 5.74) is 8.87. The Morgan fingerprint density at radius 3 is 2.88 bits per heavy atom. The Hall–Kier alpha value is -3.36. The predicted octanol–water partition coefficient (Wildman–Crippen LogP) is 2.76. The van der Waals surface area contributed by atoms with Crippen LogP contribution in [0, 0.1) is 5.82 Å². The Kier molecular flexibility index (Phi) is 7.59. The molecule has 1 fully saturated rings. The summed E-state index contributed by atoms with van der Waals surface area (Å²) in [5, 5.41) is 6.46. The van der Waals surface area contributed by atoms with Gasteiger partial charge in [-0.15, -0.1) is 0 Å². The molecule has 3 heterocycles. The van der Waals surface area contributed by atoms with Crippen LogP contribution in [0.3, 0.4) is 0 Å². The van der Waals surface area contributed by atoms with Gasteiger partial charge in [-0.05, 0) is 60.7 Å². The predicted molar refractivity (Wildman–Crippen MR) is 126 cm³/mol. The third kappa shape index (κ3) is 5.91. The largest absolute Gasteiger partial charge is 0.348 e. The highest BCUT2D eigenvalue weighted by Gasteiger charge is 2.25. The zero-order valence-electron chi connectivity index (χ0n) is 18.5. The molecular formula is C25H29FN6O. The molecule has 33 heavy (non-hydrogen) atoms. The fraction of sp³-hybridized carbons (Fsp3) is 0.320. The number of amides is 1. The number of carbonyl (C=O) groups is 1. The van der Waals surface area contributed by atoms with Gasteiger partial charge in [-0.3, -0.25) is 15.1 Å². The van der Waals surface area contributed by atoms with Crippen LogP contribution in [0.15, 0.2) is 60.9 Å². The van der Waals surface area contributed by atoms with Crippen LogP contribution in [0.25, 0.3) is 0 Å². The van der Waals surface area contributed by atoms with Crippen LogP contribution in [0.1, 0.15) is 40.0 Å². The van der Waals surface area contributed by atoms with Gasteiger partial charge in [0, 0.05) is 38.6 Å². The number of halogens is 1. The minimum absolute atomic E-state index is 0.172. The zero-order valence-corrected chi connectivity index (χ0v) is 18.5. The van der Waals surface area contributed by atoms with Crippen molar-refractivity contribution in [3.8, 4) is 0 Å². The minimum atomic E-state index is -0.205. The molecule has 4 rings (SSSR count). The lowest BCUT2D eigenvalue weighted by Gasteiger charge is -2.26. The topological polar surface area (TPSA) is 96.2 Å². The van der Waals surface area contributed by atoms with Gasteiger partial charge in [0.25, 0.3) is 5.91 Å². The van der Waals surface area contributed by atoms with Gasteiger partial charge < -0.3 is 16.0 Å². The van der Waals surface area contributed by atoms with E-state index in [1.807, 2.05) is 24.3 Å². The third-order valence-corrected chi connectivity index (χ3v) is 5.86. The number of pyridine rings is 2. The average molecular weight is 449 g/mol. The van der Waals surface area contributed by atoms with E-state index in [0.717, 1.165) is 55.0 Å². The quantitative estimate of drug-likeness (QED) is 0.466. The molecule has 0 aliphatic carbocycles. The van der Waals surface area contributed by atoms with Crippen molar-refractivity contribution in [2.24, 2.45) is 5.73 Å². The molecule has 1 aliphatic heterocycles. The molecule has 0 spiro atoms. The van der Waals surface area contributed by atoms with Gasteiger partial charge in [0.2, 0.25) is 0 Å². The number of nitrogens with zero attached hydrogens (tertiary/aromatic N) is 3. The SMILES string of the molecule is NCc1ncccc1CNC(=O)c1ccc(N2CCCC2NCCc2cccc(F)c2)nc1. The van der Waals surface area contributed by atoms with Crippen molar-refractivity contribution in [3.63, 3.8) is 0 Å². The Bertz CT molecular complexity index is 1070. The number of nitrogens with one attached hydrogen (secondary N) is 2. The van der Waals surface area contributed by atoms with E-state index in [0.29, 0.717) is 18.7 Å². The van der Waals surface area contributed by atoms with E-state index in [1.165, 1.54) is 6.07 Å². The summed E-state index contributed by atoms with van der Waals surface area (Å²) in [6.45, 7) is 2.35. The van der Waals surface area contributed by atoms with Crippen molar-refractivity contribution in [3.05, 3.63) is 89.1 Å². The van der Waals surface area contributed by atoms with E-state index in [1.54, 1.807) is 30.6 Å². The van der Waals surface area contributed by atoms with Crippen molar-refractivity contribution in [1.29, 1.82) is 0 Å². The number of anilines is 1. The highest BCUT2D eigenvalue weighted by molar-refractivity contribution is 5.94. The number of aromatic nitrogens is 2. The summed E-state index contributed by atoms with van der Waals surface area (Å²) in [4.78, 5) is 23.6. The maximum atomic E-state index is 13.4. The van der Waals surface area contributed by atoms with Gasteiger partial charge in [0.05, 0.1) is 17.4 Å². The van der Waals surface area contributed by atoms with Gasteiger partial charge in [-0.2, -0.15) is 0 Å². The number of rotatable bonds is 9. The van der Waals surface area contributed by atoms with Crippen LogP contribution in [-0.2, 0) is 19.5 Å². The minimum Gasteiger partial charge on any atom is -0.348 e. The molecule has 7 nitrogen and oxygen atoms in total. The van der Waals surface area contributed by atoms with Crippen molar-refractivity contribution in [2.45, 2.75) is 38.5 Å². The smallest absolute Gasteiger partial charge is 0.253 e. The lowest BCUT2D eigenvalue weighted by atomic mass is 10.1. The lowest BCUT2D eigenvalue weighted by Crippen LogP contribution is -2.42. The number of hydrogen-bond acceptors (Lipinski definition) is 6. The molecule has 1 atom stereocenters. The van der Waals surface area contributed by atoms with E-state index in [4.69, 9.17) is 5.73 Å². The fourth-order valence-corrected chi connectivity index (χ4v) is 4.11. The fourth-order valence-electron chi connectivity index (χ4n) is 4.11. The van der Waals surface area contributed by atoms with E-state index >= 15 is 0 Å². The second-order valence-corrected chi connectivity index (χ2v) is 8.09. The maximum Gasteiger partial charge on any atom is 0.253 e. The molecule has 0 radical (unpaired) electrons. The van der Waals surface area contributed by atoms with E-state index in [2.05, 4.69) is 25.5 Å². The zero-order chi connectivity index (χ0) is 23.0. The second kappa shape index (κ2) is 11.0. The van der Waals surface area contributed by atoms with Crippen LogP contribution in [0.5, 0.6) is 0 Å². The maximum absolute atomic E-state index is 13.4. The highest BCUT2D eigenvalue weighted by atomic mass is 19.1. The first kappa shape index (κ1) is 22.8. The normalized spacial score (nSPS) is 15.6. The molecule has 0 saturated carbocycles. The summed E-state index contributed by atoms with van der Waals surface area (Å²) >= 11 is 0. The van der Waals surface area contributed by atoms with E-state index < -0.39 is 0 Å². The molecule has 1 unspecified atom stereocenters. The summed E-state index contributed by atoms with van der Waals surface area (Å²) in [6, 6.07) is 14.1. The average Bonchev–Trinajstić information content (AvgIpc) is 3.31. The Morgan fingerprint density at radius 2 is 2.09 bits per heavy atom. The van der Waals surface area contributed by atoms with Crippen molar-refractivity contribution >= 4 is 11.7 Å².